The van der Waals surface area contributed by atoms with Crippen molar-refractivity contribution in [1.29, 1.82) is 0 Å². The number of amides is 4. The summed E-state index contributed by atoms with van der Waals surface area (Å²) >= 11 is 6.14. The van der Waals surface area contributed by atoms with Gasteiger partial charge in [0.1, 0.15) is 6.61 Å². The van der Waals surface area contributed by atoms with Crippen molar-refractivity contribution in [2.24, 2.45) is 0 Å². The Labute approximate surface area is 342 Å². The maximum Gasteiger partial charge on any atom is 0.418 e. The van der Waals surface area contributed by atoms with E-state index >= 15 is 0 Å². The van der Waals surface area contributed by atoms with E-state index in [0.29, 0.717) is 58.3 Å². The standard InChI is InChI=1S/C41H54ClF3N6O7/c1-2-3-22-56-36(52)26-57-31-13-19-48(20-14-31)29-9-15-49(16-10-29)38(53)35(25-27-23-32(41(43,44)45)37(46)33(42)24-27)58-40(55)50-17-11-30(12-18-50)51-21-8-28-6-4-5-7-34(28)47-39(51)54/h4-7,23-24,29-31,35H,2-3,8-22,25-26,46H2,1H3,(H,47,54)/t35-/m1/s1. The minimum absolute atomic E-state index is 0.0377. The molecule has 13 nitrogen and oxygen atoms in total. The number of anilines is 2. The number of hydrogen-bond acceptors (Lipinski definition) is 9. The third-order valence-corrected chi connectivity index (χ3v) is 12.0. The Hall–Kier alpha value is -4.28. The zero-order valence-corrected chi connectivity index (χ0v) is 33.7. The van der Waals surface area contributed by atoms with E-state index in [-0.39, 0.29) is 66.9 Å². The van der Waals surface area contributed by atoms with Gasteiger partial charge in [0, 0.05) is 70.0 Å². The van der Waals surface area contributed by atoms with Crippen LogP contribution in [-0.2, 0) is 42.8 Å². The second kappa shape index (κ2) is 19.6. The Bertz CT molecular complexity index is 1760. The molecule has 17 heteroatoms. The fourth-order valence-corrected chi connectivity index (χ4v) is 8.58. The zero-order chi connectivity index (χ0) is 41.4. The molecular weight excluding hydrogens is 781 g/mol. The van der Waals surface area contributed by atoms with Gasteiger partial charge in [-0.15, -0.1) is 0 Å². The molecule has 0 aromatic heterocycles. The Morgan fingerprint density at radius 3 is 2.29 bits per heavy atom. The van der Waals surface area contributed by atoms with Gasteiger partial charge in [-0.25, -0.2) is 14.4 Å². The summed E-state index contributed by atoms with van der Waals surface area (Å²) in [6.07, 6.45) is -1.05. The number of nitrogen functional groups attached to an aromatic ring is 1. The molecular formula is C41H54ClF3N6O7. The normalized spacial score (nSPS) is 19.6. The maximum atomic E-state index is 14.1. The first-order valence-electron chi connectivity index (χ1n) is 20.4. The molecule has 58 heavy (non-hydrogen) atoms. The second-order valence-electron chi connectivity index (χ2n) is 15.5. The summed E-state index contributed by atoms with van der Waals surface area (Å²) in [6.45, 7) is 5.73. The van der Waals surface area contributed by atoms with Crippen LogP contribution in [0, 0.1) is 0 Å². The highest BCUT2D eigenvalue weighted by atomic mass is 35.5. The van der Waals surface area contributed by atoms with E-state index in [4.69, 9.17) is 31.5 Å². The number of esters is 1. The molecule has 0 saturated carbocycles. The summed E-state index contributed by atoms with van der Waals surface area (Å²) in [7, 11) is 0. The van der Waals surface area contributed by atoms with Crippen molar-refractivity contribution in [3.8, 4) is 0 Å². The average molecular weight is 835 g/mol. The number of likely N-dealkylation sites (tertiary alicyclic amines) is 3. The van der Waals surface area contributed by atoms with Crippen LogP contribution in [0.2, 0.25) is 5.02 Å². The lowest BCUT2D eigenvalue weighted by Gasteiger charge is -2.42. The molecule has 2 aromatic carbocycles. The molecule has 0 spiro atoms. The number of para-hydroxylation sites is 1. The van der Waals surface area contributed by atoms with Gasteiger partial charge < -0.3 is 44.9 Å². The Morgan fingerprint density at radius 1 is 0.931 bits per heavy atom. The maximum absolute atomic E-state index is 14.1. The summed E-state index contributed by atoms with van der Waals surface area (Å²) in [4.78, 5) is 60.2. The number of carbonyl (C=O) groups excluding carboxylic acids is 4. The summed E-state index contributed by atoms with van der Waals surface area (Å²) in [5.41, 5.74) is 5.82. The van der Waals surface area contributed by atoms with Gasteiger partial charge in [0.15, 0.2) is 6.10 Å². The van der Waals surface area contributed by atoms with Gasteiger partial charge in [-0.3, -0.25) is 4.79 Å². The predicted octanol–water partition coefficient (Wildman–Crippen LogP) is 6.36. The van der Waals surface area contributed by atoms with Crippen molar-refractivity contribution in [2.45, 2.75) is 102 Å². The van der Waals surface area contributed by atoms with Gasteiger partial charge in [-0.1, -0.05) is 43.1 Å². The number of ether oxygens (including phenoxy) is 3. The van der Waals surface area contributed by atoms with E-state index in [1.165, 1.54) is 11.0 Å². The van der Waals surface area contributed by atoms with Gasteiger partial charge in [0.05, 0.1) is 29.0 Å². The number of nitrogens with one attached hydrogen (secondary N) is 1. The van der Waals surface area contributed by atoms with Crippen LogP contribution in [0.3, 0.4) is 0 Å². The number of nitrogens with two attached hydrogens (primary N) is 1. The minimum Gasteiger partial charge on any atom is -0.464 e. The van der Waals surface area contributed by atoms with Crippen molar-refractivity contribution in [1.82, 2.24) is 19.6 Å². The minimum atomic E-state index is -4.79. The number of hydrogen-bond donors (Lipinski definition) is 2. The van der Waals surface area contributed by atoms with Crippen LogP contribution in [0.15, 0.2) is 36.4 Å². The third-order valence-electron chi connectivity index (χ3n) is 11.7. The van der Waals surface area contributed by atoms with Crippen molar-refractivity contribution in [2.75, 3.05) is 70.1 Å². The van der Waals surface area contributed by atoms with E-state index in [0.717, 1.165) is 56.1 Å². The zero-order valence-electron chi connectivity index (χ0n) is 32.9. The molecule has 3 N–H and O–H groups in total. The van der Waals surface area contributed by atoms with Crippen molar-refractivity contribution in [3.05, 3.63) is 58.1 Å². The SMILES string of the molecule is CCCCOC(=O)COC1CCN(C2CCN(C(=O)[C@@H](Cc3cc(Cl)c(N)c(C(F)(F)F)c3)OC(=O)N3CCC(N4CCc5ccccc5NC4=O)CC3)CC2)CC1. The van der Waals surface area contributed by atoms with Crippen molar-refractivity contribution >= 4 is 47.0 Å². The number of fused-ring (bicyclic) bond motifs is 1. The molecule has 318 valence electrons. The number of nitrogens with zero attached hydrogens (tertiary/aromatic N) is 4. The van der Waals surface area contributed by atoms with Gasteiger partial charge >= 0.3 is 24.3 Å². The fraction of sp³-hybridized carbons (Fsp3) is 0.610. The number of urea groups is 1. The van der Waals surface area contributed by atoms with Gasteiger partial charge in [-0.05, 0) is 80.7 Å². The molecule has 4 heterocycles. The van der Waals surface area contributed by atoms with Crippen LogP contribution >= 0.6 is 11.6 Å². The number of unbranched alkanes of at least 4 members (excludes halogenated alkanes) is 1. The van der Waals surface area contributed by atoms with E-state index < -0.39 is 35.5 Å². The Morgan fingerprint density at radius 2 is 1.60 bits per heavy atom. The van der Waals surface area contributed by atoms with E-state index in [9.17, 15) is 32.3 Å². The van der Waals surface area contributed by atoms with Crippen LogP contribution in [0.25, 0.3) is 0 Å². The molecule has 4 aliphatic heterocycles. The highest BCUT2D eigenvalue weighted by Crippen LogP contribution is 2.38. The lowest BCUT2D eigenvalue weighted by Crippen LogP contribution is -2.53. The number of benzene rings is 2. The molecule has 6 rings (SSSR count). The van der Waals surface area contributed by atoms with E-state index in [1.54, 1.807) is 9.80 Å². The van der Waals surface area contributed by atoms with Crippen LogP contribution in [0.4, 0.5) is 34.1 Å². The Balaban J connectivity index is 1.05. The largest absolute Gasteiger partial charge is 0.464 e. The first-order valence-corrected chi connectivity index (χ1v) is 20.7. The number of piperidine rings is 3. The topological polar surface area (TPSA) is 147 Å². The molecule has 0 unspecified atom stereocenters. The van der Waals surface area contributed by atoms with E-state index in [2.05, 4.69) is 10.2 Å². The number of carbonyl (C=O) groups is 4. The van der Waals surface area contributed by atoms with Crippen LogP contribution in [0.5, 0.6) is 0 Å². The van der Waals surface area contributed by atoms with Crippen LogP contribution in [0.1, 0.15) is 75.0 Å². The summed E-state index contributed by atoms with van der Waals surface area (Å²) < 4.78 is 58.6. The Kier molecular flexibility index (Phi) is 14.7. The highest BCUT2D eigenvalue weighted by Gasteiger charge is 2.39. The quantitative estimate of drug-likeness (QED) is 0.142. The van der Waals surface area contributed by atoms with Crippen LogP contribution in [-0.4, -0.2) is 127 Å². The highest BCUT2D eigenvalue weighted by molar-refractivity contribution is 6.33. The molecule has 0 radical (unpaired) electrons. The summed E-state index contributed by atoms with van der Waals surface area (Å²) in [6, 6.07) is 9.67. The second-order valence-corrected chi connectivity index (χ2v) is 15.9. The number of halogens is 4. The van der Waals surface area contributed by atoms with Gasteiger partial charge in [0.25, 0.3) is 5.91 Å². The molecule has 0 bridgehead atoms. The third kappa shape index (κ3) is 11.1. The molecule has 4 aliphatic rings. The number of alkyl halides is 3. The average Bonchev–Trinajstić information content (AvgIpc) is 3.38. The van der Waals surface area contributed by atoms with E-state index in [1.807, 2.05) is 31.2 Å². The van der Waals surface area contributed by atoms with Crippen molar-refractivity contribution < 1.29 is 46.6 Å². The molecule has 1 atom stereocenters. The molecule has 4 amide bonds. The molecule has 2 aromatic rings. The first kappa shape index (κ1) is 43.3. The lowest BCUT2D eigenvalue weighted by molar-refractivity contribution is -0.152. The summed E-state index contributed by atoms with van der Waals surface area (Å²) in [5, 5.41) is 2.67. The van der Waals surface area contributed by atoms with Gasteiger partial charge in [0.2, 0.25) is 0 Å². The van der Waals surface area contributed by atoms with Crippen LogP contribution < -0.4 is 11.1 Å². The first-order chi connectivity index (χ1) is 27.8. The molecule has 0 aliphatic carbocycles. The predicted molar refractivity (Wildman–Crippen MR) is 211 cm³/mol. The molecule has 3 fully saturated rings. The van der Waals surface area contributed by atoms with Crippen molar-refractivity contribution in [3.63, 3.8) is 0 Å². The number of rotatable bonds is 12. The summed E-state index contributed by atoms with van der Waals surface area (Å²) in [5.74, 6) is -0.853. The molecule has 3 saturated heterocycles. The smallest absolute Gasteiger partial charge is 0.418 e. The monoisotopic (exact) mass is 834 g/mol. The lowest BCUT2D eigenvalue weighted by atomic mass is 9.97. The van der Waals surface area contributed by atoms with Gasteiger partial charge in [-0.2, -0.15) is 13.2 Å². The fourth-order valence-electron chi connectivity index (χ4n) is 8.33.